The van der Waals surface area contributed by atoms with Gasteiger partial charge in [0.1, 0.15) is 15.9 Å². The minimum absolute atomic E-state index is 0.190. The van der Waals surface area contributed by atoms with Gasteiger partial charge in [0.2, 0.25) is 0 Å². The third kappa shape index (κ3) is 7.09. The van der Waals surface area contributed by atoms with Gasteiger partial charge in [-0.1, -0.05) is 54.1 Å². The summed E-state index contributed by atoms with van der Waals surface area (Å²) in [6, 6.07) is 35.4. The molecule has 0 aromatic heterocycles. The fraction of sp³-hybridized carbons (Fsp3) is 0.107. The summed E-state index contributed by atoms with van der Waals surface area (Å²) in [5, 5.41) is 3.91. The molecule has 0 saturated carbocycles. The molecule has 0 aliphatic carbocycles. The lowest BCUT2D eigenvalue weighted by Gasteiger charge is -2.11. The number of carbonyl (C=O) groups is 1. The molecular weight excluding hydrogens is 479 g/mol. The van der Waals surface area contributed by atoms with Crippen molar-refractivity contribution in [2.75, 3.05) is 14.2 Å². The molecule has 0 bridgehead atoms. The molecule has 4 aromatic carbocycles. The van der Waals surface area contributed by atoms with E-state index in [1.165, 1.54) is 35.2 Å². The lowest BCUT2D eigenvalue weighted by molar-refractivity contribution is 0.0600. The topological polar surface area (TPSA) is 69.7 Å². The van der Waals surface area contributed by atoms with Crippen molar-refractivity contribution in [1.82, 2.24) is 0 Å². The summed E-state index contributed by atoms with van der Waals surface area (Å²) in [5.41, 5.74) is 1.60. The smallest absolute Gasteiger partial charge is 0.337 e. The third-order valence-corrected chi connectivity index (χ3v) is 9.27. The maximum atomic E-state index is 11.6. The summed E-state index contributed by atoms with van der Waals surface area (Å²) >= 11 is 0. The van der Waals surface area contributed by atoms with Gasteiger partial charge >= 0.3 is 5.97 Å². The van der Waals surface area contributed by atoms with E-state index in [4.69, 9.17) is 4.74 Å². The van der Waals surface area contributed by atoms with Crippen LogP contribution in [0.25, 0.3) is 0 Å². The van der Waals surface area contributed by atoms with Crippen molar-refractivity contribution in [3.05, 3.63) is 120 Å². The zero-order valence-electron chi connectivity index (χ0n) is 19.8. The second kappa shape index (κ2) is 12.4. The van der Waals surface area contributed by atoms with E-state index < -0.39 is 18.0 Å². The number of rotatable bonds is 6. The van der Waals surface area contributed by atoms with Crippen molar-refractivity contribution in [2.24, 2.45) is 0 Å². The van der Waals surface area contributed by atoms with Crippen molar-refractivity contribution in [1.29, 1.82) is 0 Å². The zero-order valence-corrected chi connectivity index (χ0v) is 21.7. The predicted octanol–water partition coefficient (Wildman–Crippen LogP) is 4.29. The first-order valence-corrected chi connectivity index (χ1v) is 13.8. The Bertz CT molecular complexity index is 1280. The highest BCUT2D eigenvalue weighted by molar-refractivity contribution is 7.86. The summed E-state index contributed by atoms with van der Waals surface area (Å²) in [7, 11) is -2.04. The average molecular weight is 508 g/mol. The van der Waals surface area contributed by atoms with Crippen molar-refractivity contribution >= 4 is 39.9 Å². The van der Waals surface area contributed by atoms with Gasteiger partial charge in [0, 0.05) is 0 Å². The second-order valence-electron chi connectivity index (χ2n) is 7.61. The Balaban J connectivity index is 0.000000241. The normalized spacial score (nSPS) is 10.9. The Kier molecular flexibility index (Phi) is 9.32. The zero-order chi connectivity index (χ0) is 25.3. The molecule has 0 spiro atoms. The van der Waals surface area contributed by atoms with Crippen molar-refractivity contribution in [2.45, 2.75) is 11.8 Å². The first kappa shape index (κ1) is 26.3. The molecule has 0 aliphatic rings. The molecule has 0 radical (unpaired) electrons. The third-order valence-electron chi connectivity index (χ3n) is 5.25. The van der Waals surface area contributed by atoms with Crippen LogP contribution in [0.2, 0.25) is 0 Å². The number of hydrogen-bond donors (Lipinski definition) is 0. The molecule has 4 aromatic rings. The fourth-order valence-electron chi connectivity index (χ4n) is 3.40. The molecule has 0 amide bonds. The minimum atomic E-state index is -3.51. The van der Waals surface area contributed by atoms with Gasteiger partial charge in [0.05, 0.1) is 32.6 Å². The first-order valence-electron chi connectivity index (χ1n) is 10.9. The summed E-state index contributed by atoms with van der Waals surface area (Å²) in [6.45, 7) is 1.89. The number of carbonyl (C=O) groups excluding carboxylic acids is 1. The summed E-state index contributed by atoms with van der Waals surface area (Å²) < 4.78 is 31.3. The van der Waals surface area contributed by atoms with Crippen LogP contribution in [0.3, 0.4) is 0 Å². The molecule has 0 saturated heterocycles. The van der Waals surface area contributed by atoms with Crippen LogP contribution in [0.4, 0.5) is 0 Å². The van der Waals surface area contributed by atoms with Gasteiger partial charge in [-0.3, -0.25) is 4.18 Å². The van der Waals surface area contributed by atoms with Gasteiger partial charge in [-0.15, -0.1) is 0 Å². The number of benzene rings is 4. The second-order valence-corrected chi connectivity index (χ2v) is 11.8. The number of aryl methyl sites for hydroxylation is 1. The first-order chi connectivity index (χ1) is 16.9. The highest BCUT2D eigenvalue weighted by atomic mass is 32.2. The van der Waals surface area contributed by atoms with E-state index in [2.05, 4.69) is 52.7 Å². The maximum absolute atomic E-state index is 11.6. The Labute approximate surface area is 208 Å². The van der Waals surface area contributed by atoms with E-state index in [-0.39, 0.29) is 10.9 Å². The van der Waals surface area contributed by atoms with E-state index >= 15 is 0 Å². The van der Waals surface area contributed by atoms with Crippen LogP contribution in [0, 0.1) is 6.92 Å². The van der Waals surface area contributed by atoms with Gasteiger partial charge in [-0.05, 0) is 67.6 Å². The van der Waals surface area contributed by atoms with Crippen LogP contribution in [0.1, 0.15) is 15.9 Å². The van der Waals surface area contributed by atoms with Crippen LogP contribution in [0.5, 0.6) is 0 Å². The molecular formula is C28H28O5PS+. The van der Waals surface area contributed by atoms with Gasteiger partial charge in [-0.2, -0.15) is 8.42 Å². The summed E-state index contributed by atoms with van der Waals surface area (Å²) in [4.78, 5) is 11.8. The molecule has 0 fully saturated rings. The van der Waals surface area contributed by atoms with Gasteiger partial charge in [-0.25, -0.2) is 4.79 Å². The highest BCUT2D eigenvalue weighted by Crippen LogP contribution is 2.32. The molecule has 0 unspecified atom stereocenters. The average Bonchev–Trinajstić information content (AvgIpc) is 2.91. The summed E-state index contributed by atoms with van der Waals surface area (Å²) in [5.74, 6) is -0.301. The van der Waals surface area contributed by atoms with Crippen LogP contribution in [0.15, 0.2) is 114 Å². The van der Waals surface area contributed by atoms with E-state index in [0.717, 1.165) is 12.7 Å². The SMILES string of the molecule is COC(=O)c1ccc([PH+](c2ccccc2)c2ccccc2)cc1.COS(=O)(=O)c1ccc(C)cc1. The lowest BCUT2D eigenvalue weighted by atomic mass is 10.2. The van der Waals surface area contributed by atoms with E-state index in [1.807, 2.05) is 43.3 Å². The van der Waals surface area contributed by atoms with Gasteiger partial charge in [0.15, 0.2) is 0 Å². The predicted molar refractivity (Wildman–Crippen MR) is 143 cm³/mol. The molecule has 5 nitrogen and oxygen atoms in total. The molecule has 180 valence electrons. The fourth-order valence-corrected chi connectivity index (χ4v) is 6.62. The highest BCUT2D eigenvalue weighted by Gasteiger charge is 2.25. The molecule has 7 heteroatoms. The largest absolute Gasteiger partial charge is 0.465 e. The Morgan fingerprint density at radius 3 is 1.54 bits per heavy atom. The Morgan fingerprint density at radius 2 is 1.11 bits per heavy atom. The van der Waals surface area contributed by atoms with Crippen LogP contribution >= 0.6 is 7.92 Å². The molecule has 0 heterocycles. The van der Waals surface area contributed by atoms with E-state index in [0.29, 0.717) is 5.56 Å². The Morgan fingerprint density at radius 1 is 0.657 bits per heavy atom. The van der Waals surface area contributed by atoms with E-state index in [1.54, 1.807) is 12.1 Å². The number of hydrogen-bond acceptors (Lipinski definition) is 5. The molecule has 4 rings (SSSR count). The maximum Gasteiger partial charge on any atom is 0.337 e. The molecule has 0 aliphatic heterocycles. The van der Waals surface area contributed by atoms with E-state index in [9.17, 15) is 13.2 Å². The van der Waals surface area contributed by atoms with Crippen LogP contribution in [-0.4, -0.2) is 28.6 Å². The molecule has 35 heavy (non-hydrogen) atoms. The van der Waals surface area contributed by atoms with Gasteiger partial charge in [0.25, 0.3) is 10.1 Å². The standard InChI is InChI=1S/C20H17O2P.C8H10O3S/c1-22-20(21)16-12-14-19(15-13-16)23(17-8-4-2-5-9-17)18-10-6-3-7-11-18;1-7-3-5-8(6-4-7)12(9,10)11-2/h2-15H,1H3;3-6H,1-2H3/p+1. The van der Waals surface area contributed by atoms with Crippen LogP contribution < -0.4 is 15.9 Å². The van der Waals surface area contributed by atoms with Gasteiger partial charge < -0.3 is 4.74 Å². The minimum Gasteiger partial charge on any atom is -0.465 e. The number of ether oxygens (including phenoxy) is 1. The van der Waals surface area contributed by atoms with Crippen molar-refractivity contribution in [3.63, 3.8) is 0 Å². The molecule has 0 atom stereocenters. The number of esters is 1. The lowest BCUT2D eigenvalue weighted by Crippen LogP contribution is -2.20. The van der Waals surface area contributed by atoms with Crippen molar-refractivity contribution < 1.29 is 22.1 Å². The quantitative estimate of drug-likeness (QED) is 0.221. The van der Waals surface area contributed by atoms with Crippen LogP contribution in [-0.2, 0) is 19.0 Å². The molecule has 0 N–H and O–H groups in total. The Hall–Kier alpha value is -3.31. The summed E-state index contributed by atoms with van der Waals surface area (Å²) in [6.07, 6.45) is 0. The van der Waals surface area contributed by atoms with Crippen molar-refractivity contribution in [3.8, 4) is 0 Å². The number of methoxy groups -OCH3 is 1. The monoisotopic (exact) mass is 507 g/mol.